The maximum Gasteiger partial charge on any atom is 0.330 e. The highest BCUT2D eigenvalue weighted by atomic mass is 32.2. The second kappa shape index (κ2) is 8.37. The summed E-state index contributed by atoms with van der Waals surface area (Å²) in [7, 11) is 0.0239. The lowest BCUT2D eigenvalue weighted by atomic mass is 10.2. The van der Waals surface area contributed by atoms with E-state index in [9.17, 15) is 22.8 Å². The van der Waals surface area contributed by atoms with Crippen LogP contribution in [0.1, 0.15) is 5.56 Å². The van der Waals surface area contributed by atoms with Gasteiger partial charge in [-0.3, -0.25) is 18.7 Å². The van der Waals surface area contributed by atoms with E-state index in [0.29, 0.717) is 17.0 Å². The van der Waals surface area contributed by atoms with Gasteiger partial charge in [0, 0.05) is 27.7 Å². The van der Waals surface area contributed by atoms with Gasteiger partial charge in [-0.15, -0.1) is 0 Å². The minimum absolute atomic E-state index is 0.0846. The summed E-state index contributed by atoms with van der Waals surface area (Å²) in [6.45, 7) is -0.0927. The van der Waals surface area contributed by atoms with E-state index in [1.807, 2.05) is 0 Å². The van der Waals surface area contributed by atoms with E-state index in [2.05, 4.69) is 5.32 Å². The highest BCUT2D eigenvalue weighted by molar-refractivity contribution is 7.89. The molecule has 0 fully saturated rings. The maximum absolute atomic E-state index is 13.0. The molecule has 0 bridgehead atoms. The average molecular weight is 474 g/mol. The van der Waals surface area contributed by atoms with Crippen LogP contribution in [0.3, 0.4) is 0 Å². The van der Waals surface area contributed by atoms with Crippen LogP contribution in [0.4, 0.5) is 0 Å². The number of nitrogens with zero attached hydrogens (tertiary/aromatic N) is 3. The van der Waals surface area contributed by atoms with Gasteiger partial charge in [0.25, 0.3) is 5.56 Å². The van der Waals surface area contributed by atoms with Gasteiger partial charge in [0.15, 0.2) is 11.5 Å². The molecule has 3 aromatic rings. The standard InChI is InChI=1S/C21H22N4O7S/c1-23(11-19(26)22-10-13-4-7-17-18(8-13)32-12-31-17)33(29,30)14-5-6-16-15(9-14)20(27)25(3)21(28)24(16)2/h4-9H,10-12H2,1-3H3,(H,22,26). The van der Waals surface area contributed by atoms with E-state index < -0.39 is 33.7 Å². The fourth-order valence-electron chi connectivity index (χ4n) is 3.51. The fourth-order valence-corrected chi connectivity index (χ4v) is 4.66. The number of likely N-dealkylation sites (N-methyl/N-ethyl adjacent to an activating group) is 1. The number of hydrogen-bond acceptors (Lipinski definition) is 7. The summed E-state index contributed by atoms with van der Waals surface area (Å²) in [4.78, 5) is 36.8. The van der Waals surface area contributed by atoms with Crippen LogP contribution < -0.4 is 26.0 Å². The molecule has 0 saturated carbocycles. The summed E-state index contributed by atoms with van der Waals surface area (Å²) >= 11 is 0. The topological polar surface area (TPSA) is 129 Å². The first-order valence-electron chi connectivity index (χ1n) is 9.91. The summed E-state index contributed by atoms with van der Waals surface area (Å²) in [5.74, 6) is 0.709. The number of carbonyl (C=O) groups is 1. The van der Waals surface area contributed by atoms with Crippen LogP contribution in [-0.2, 0) is 35.5 Å². The van der Waals surface area contributed by atoms with Gasteiger partial charge in [-0.05, 0) is 35.9 Å². The largest absolute Gasteiger partial charge is 0.454 e. The van der Waals surface area contributed by atoms with Crippen LogP contribution in [0.25, 0.3) is 10.9 Å². The van der Waals surface area contributed by atoms with Crippen molar-refractivity contribution in [3.8, 4) is 11.5 Å². The molecular weight excluding hydrogens is 452 g/mol. The van der Waals surface area contributed by atoms with Gasteiger partial charge in [0.1, 0.15) is 0 Å². The van der Waals surface area contributed by atoms with Crippen molar-refractivity contribution >= 4 is 26.8 Å². The van der Waals surface area contributed by atoms with E-state index >= 15 is 0 Å². The highest BCUT2D eigenvalue weighted by Crippen LogP contribution is 2.32. The Bertz CT molecular complexity index is 1490. The SMILES string of the molecule is CN(CC(=O)NCc1ccc2c(c1)OCO2)S(=O)(=O)c1ccc2c(c1)c(=O)n(C)c(=O)n2C. The number of hydrogen-bond donors (Lipinski definition) is 1. The van der Waals surface area contributed by atoms with Crippen molar-refractivity contribution in [2.75, 3.05) is 20.4 Å². The lowest BCUT2D eigenvalue weighted by Gasteiger charge is -2.17. The van der Waals surface area contributed by atoms with Crippen molar-refractivity contribution in [2.24, 2.45) is 14.1 Å². The summed E-state index contributed by atoms with van der Waals surface area (Å²) in [5, 5.41) is 2.76. The van der Waals surface area contributed by atoms with Crippen LogP contribution in [0, 0.1) is 0 Å². The molecule has 2 heterocycles. The van der Waals surface area contributed by atoms with Crippen molar-refractivity contribution in [1.82, 2.24) is 18.8 Å². The lowest BCUT2D eigenvalue weighted by Crippen LogP contribution is -2.38. The molecule has 0 spiro atoms. The molecule has 0 saturated heterocycles. The van der Waals surface area contributed by atoms with E-state index in [1.165, 1.54) is 43.9 Å². The molecule has 2 aromatic carbocycles. The zero-order chi connectivity index (χ0) is 23.9. The van der Waals surface area contributed by atoms with Gasteiger partial charge >= 0.3 is 5.69 Å². The molecule has 174 valence electrons. The number of nitrogens with one attached hydrogen (secondary N) is 1. The zero-order valence-corrected chi connectivity index (χ0v) is 19.0. The van der Waals surface area contributed by atoms with Crippen molar-refractivity contribution in [3.63, 3.8) is 0 Å². The van der Waals surface area contributed by atoms with Crippen LogP contribution in [-0.4, -0.2) is 48.1 Å². The molecule has 0 unspecified atom stereocenters. The average Bonchev–Trinajstić information content (AvgIpc) is 3.27. The van der Waals surface area contributed by atoms with Crippen LogP contribution in [0.5, 0.6) is 11.5 Å². The van der Waals surface area contributed by atoms with Gasteiger partial charge in [-0.1, -0.05) is 6.07 Å². The predicted octanol–water partition coefficient (Wildman–Crippen LogP) is -0.0972. The third kappa shape index (κ3) is 4.10. The molecule has 0 atom stereocenters. The van der Waals surface area contributed by atoms with Crippen molar-refractivity contribution in [3.05, 3.63) is 62.8 Å². The van der Waals surface area contributed by atoms with Gasteiger partial charge in [-0.25, -0.2) is 13.2 Å². The van der Waals surface area contributed by atoms with E-state index in [1.54, 1.807) is 18.2 Å². The summed E-state index contributed by atoms with van der Waals surface area (Å²) in [6.07, 6.45) is 0. The number of sulfonamides is 1. The summed E-state index contributed by atoms with van der Waals surface area (Å²) < 4.78 is 39.6. The molecular formula is C21H22N4O7S. The molecule has 1 N–H and O–H groups in total. The number of aryl methyl sites for hydroxylation is 1. The minimum atomic E-state index is -4.07. The smallest absolute Gasteiger partial charge is 0.330 e. The van der Waals surface area contributed by atoms with Gasteiger partial charge in [0.2, 0.25) is 22.7 Å². The third-order valence-corrected chi connectivity index (χ3v) is 7.24. The first kappa shape index (κ1) is 22.6. The number of amides is 1. The Balaban J connectivity index is 1.50. The van der Waals surface area contributed by atoms with E-state index in [-0.39, 0.29) is 23.6 Å². The Labute approximate surface area is 188 Å². The van der Waals surface area contributed by atoms with Crippen LogP contribution in [0.15, 0.2) is 50.9 Å². The second-order valence-electron chi connectivity index (χ2n) is 7.61. The Kier molecular flexibility index (Phi) is 5.72. The molecule has 0 aliphatic carbocycles. The molecule has 33 heavy (non-hydrogen) atoms. The second-order valence-corrected chi connectivity index (χ2v) is 9.66. The van der Waals surface area contributed by atoms with Crippen molar-refractivity contribution in [2.45, 2.75) is 11.4 Å². The van der Waals surface area contributed by atoms with Crippen LogP contribution >= 0.6 is 0 Å². The molecule has 1 amide bonds. The maximum atomic E-state index is 13.0. The lowest BCUT2D eigenvalue weighted by molar-refractivity contribution is -0.121. The first-order valence-corrected chi connectivity index (χ1v) is 11.3. The normalized spacial score (nSPS) is 13.0. The van der Waals surface area contributed by atoms with Crippen LogP contribution in [0.2, 0.25) is 0 Å². The number of fused-ring (bicyclic) bond motifs is 2. The number of aromatic nitrogens is 2. The predicted molar refractivity (Wildman–Crippen MR) is 119 cm³/mol. The number of rotatable bonds is 6. The monoisotopic (exact) mass is 474 g/mol. The third-order valence-electron chi connectivity index (χ3n) is 5.44. The quantitative estimate of drug-likeness (QED) is 0.528. The molecule has 12 heteroatoms. The first-order chi connectivity index (χ1) is 15.6. The molecule has 4 rings (SSSR count). The molecule has 1 aliphatic heterocycles. The van der Waals surface area contributed by atoms with Gasteiger partial charge < -0.3 is 14.8 Å². The molecule has 11 nitrogen and oxygen atoms in total. The van der Waals surface area contributed by atoms with Crippen molar-refractivity contribution < 1.29 is 22.7 Å². The van der Waals surface area contributed by atoms with Gasteiger partial charge in [-0.2, -0.15) is 4.31 Å². The molecule has 0 radical (unpaired) electrons. The highest BCUT2D eigenvalue weighted by Gasteiger charge is 2.24. The minimum Gasteiger partial charge on any atom is -0.454 e. The Morgan fingerprint density at radius 2 is 1.79 bits per heavy atom. The number of carbonyl (C=O) groups excluding carboxylic acids is 1. The Morgan fingerprint density at radius 1 is 1.06 bits per heavy atom. The number of benzene rings is 2. The zero-order valence-electron chi connectivity index (χ0n) is 18.2. The fraction of sp³-hybridized carbons (Fsp3) is 0.286. The Hall–Kier alpha value is -3.64. The van der Waals surface area contributed by atoms with E-state index in [4.69, 9.17) is 9.47 Å². The summed E-state index contributed by atoms with van der Waals surface area (Å²) in [6, 6.07) is 9.17. The van der Waals surface area contributed by atoms with Gasteiger partial charge in [0.05, 0.1) is 22.3 Å². The molecule has 1 aromatic heterocycles. The number of ether oxygens (including phenoxy) is 2. The van der Waals surface area contributed by atoms with Crippen molar-refractivity contribution in [1.29, 1.82) is 0 Å². The Morgan fingerprint density at radius 3 is 2.55 bits per heavy atom. The molecule has 1 aliphatic rings. The van der Waals surface area contributed by atoms with E-state index in [0.717, 1.165) is 14.4 Å². The summed E-state index contributed by atoms with van der Waals surface area (Å²) in [5.41, 5.74) is -0.0334.